The predicted molar refractivity (Wildman–Crippen MR) is 129 cm³/mol. The predicted octanol–water partition coefficient (Wildman–Crippen LogP) is 5.14. The summed E-state index contributed by atoms with van der Waals surface area (Å²) in [5.74, 6) is 2.65. The molecule has 4 aliphatic carbocycles. The third kappa shape index (κ3) is 3.77. The number of carbonyl (C=O) groups is 2. The Morgan fingerprint density at radius 2 is 1.76 bits per heavy atom. The highest BCUT2D eigenvalue weighted by Crippen LogP contribution is 2.61. The van der Waals surface area contributed by atoms with Gasteiger partial charge >= 0.3 is 5.97 Å². The van der Waals surface area contributed by atoms with Crippen molar-refractivity contribution in [2.24, 2.45) is 23.2 Å². The second kappa shape index (κ2) is 8.22. The van der Waals surface area contributed by atoms with E-state index >= 15 is 0 Å². The average Bonchev–Trinajstić information content (AvgIpc) is 3.21. The summed E-state index contributed by atoms with van der Waals surface area (Å²) in [6, 6.07) is 11.6. The second-order valence-corrected chi connectivity index (χ2v) is 10.5. The van der Waals surface area contributed by atoms with Gasteiger partial charge in [-0.2, -0.15) is 9.78 Å². The fourth-order valence-electron chi connectivity index (χ4n) is 7.20. The Hall–Kier alpha value is -3.22. The smallest absolute Gasteiger partial charge is 0.343 e. The second-order valence-electron chi connectivity index (χ2n) is 10.5. The molecule has 0 atom stereocenters. The van der Waals surface area contributed by atoms with E-state index in [1.54, 1.807) is 6.92 Å². The lowest BCUT2D eigenvalue weighted by Gasteiger charge is -2.56. The molecule has 0 aliphatic heterocycles. The Kier molecular flexibility index (Phi) is 5.15. The molecule has 0 radical (unpaired) electrons. The number of ether oxygens (including phenoxy) is 1. The van der Waals surface area contributed by atoms with Crippen LogP contribution in [-0.4, -0.2) is 33.2 Å². The SMILES string of the molecule is CCOC(=O)c1cnn(-c2ccc3ccccc3n2)c1NC(=O)CC12CC3CC(CC(C3)C1)C2. The first kappa shape index (κ1) is 21.3. The number of amides is 1. The lowest BCUT2D eigenvalue weighted by Crippen LogP contribution is -2.47. The van der Waals surface area contributed by atoms with Crippen molar-refractivity contribution in [2.75, 3.05) is 11.9 Å². The standard InChI is InChI=1S/C27H30N4O3/c1-2-34-26(33)21-16-28-31(23-8-7-20-5-3-4-6-22(20)29-23)25(21)30-24(32)15-27-12-17-9-18(13-27)11-19(10-17)14-27/h3-8,16-19H,2,9-15H2,1H3,(H,30,32). The molecule has 7 rings (SSSR count). The molecule has 176 valence electrons. The number of benzene rings is 1. The molecule has 4 bridgehead atoms. The molecule has 0 spiro atoms. The summed E-state index contributed by atoms with van der Waals surface area (Å²) in [4.78, 5) is 30.8. The van der Waals surface area contributed by atoms with E-state index in [9.17, 15) is 9.59 Å². The summed E-state index contributed by atoms with van der Waals surface area (Å²) in [5.41, 5.74) is 1.17. The Labute approximate surface area is 198 Å². The molecule has 1 aromatic carbocycles. The monoisotopic (exact) mass is 458 g/mol. The van der Waals surface area contributed by atoms with Crippen molar-refractivity contribution in [3.8, 4) is 5.82 Å². The minimum absolute atomic E-state index is 0.0602. The largest absolute Gasteiger partial charge is 0.462 e. The molecule has 4 fully saturated rings. The molecule has 7 heteroatoms. The quantitative estimate of drug-likeness (QED) is 0.517. The number of hydrogen-bond acceptors (Lipinski definition) is 5. The van der Waals surface area contributed by atoms with Crippen LogP contribution in [0.25, 0.3) is 16.7 Å². The van der Waals surface area contributed by atoms with Crippen molar-refractivity contribution in [1.29, 1.82) is 0 Å². The molecule has 34 heavy (non-hydrogen) atoms. The number of esters is 1. The first-order valence-corrected chi connectivity index (χ1v) is 12.4. The van der Waals surface area contributed by atoms with E-state index in [1.165, 1.54) is 30.1 Å². The van der Waals surface area contributed by atoms with E-state index in [-0.39, 0.29) is 23.5 Å². The first-order valence-electron chi connectivity index (χ1n) is 12.4. The molecular weight excluding hydrogens is 428 g/mol. The third-order valence-corrected chi connectivity index (χ3v) is 8.02. The van der Waals surface area contributed by atoms with Crippen LogP contribution in [-0.2, 0) is 9.53 Å². The van der Waals surface area contributed by atoms with Gasteiger partial charge in [-0.05, 0) is 86.8 Å². The van der Waals surface area contributed by atoms with Crippen molar-refractivity contribution in [2.45, 2.75) is 51.9 Å². The van der Waals surface area contributed by atoms with Gasteiger partial charge in [-0.15, -0.1) is 0 Å². The normalized spacial score (nSPS) is 27.1. The summed E-state index contributed by atoms with van der Waals surface area (Å²) < 4.78 is 6.78. The highest BCUT2D eigenvalue weighted by molar-refractivity contribution is 6.00. The number of anilines is 1. The zero-order valence-electron chi connectivity index (χ0n) is 19.5. The number of fused-ring (bicyclic) bond motifs is 1. The molecule has 0 unspecified atom stereocenters. The van der Waals surface area contributed by atoms with Gasteiger partial charge in [0.1, 0.15) is 5.56 Å². The summed E-state index contributed by atoms with van der Waals surface area (Å²) in [6.07, 6.45) is 9.44. The maximum Gasteiger partial charge on any atom is 0.343 e. The molecule has 1 N–H and O–H groups in total. The number of aromatic nitrogens is 3. The minimum atomic E-state index is -0.500. The maximum absolute atomic E-state index is 13.4. The number of rotatable bonds is 6. The highest BCUT2D eigenvalue weighted by Gasteiger charge is 2.51. The fourth-order valence-corrected chi connectivity index (χ4v) is 7.20. The van der Waals surface area contributed by atoms with Crippen molar-refractivity contribution >= 4 is 28.6 Å². The van der Waals surface area contributed by atoms with Crippen LogP contribution in [0.2, 0.25) is 0 Å². The number of carbonyl (C=O) groups excluding carboxylic acids is 2. The van der Waals surface area contributed by atoms with Gasteiger partial charge in [-0.25, -0.2) is 9.78 Å². The van der Waals surface area contributed by atoms with Crippen molar-refractivity contribution in [3.63, 3.8) is 0 Å². The Bertz CT molecular complexity index is 1230. The van der Waals surface area contributed by atoms with E-state index in [2.05, 4.69) is 10.4 Å². The van der Waals surface area contributed by atoms with E-state index in [1.807, 2.05) is 36.4 Å². The van der Waals surface area contributed by atoms with E-state index in [4.69, 9.17) is 9.72 Å². The zero-order valence-corrected chi connectivity index (χ0v) is 19.5. The summed E-state index contributed by atoms with van der Waals surface area (Å²) in [6.45, 7) is 2.01. The van der Waals surface area contributed by atoms with Crippen molar-refractivity contribution in [1.82, 2.24) is 14.8 Å². The van der Waals surface area contributed by atoms with Gasteiger partial charge in [0.15, 0.2) is 11.6 Å². The van der Waals surface area contributed by atoms with Crippen LogP contribution in [0.1, 0.15) is 62.2 Å². The summed E-state index contributed by atoms with van der Waals surface area (Å²) in [5, 5.41) is 8.47. The van der Waals surface area contributed by atoms with Gasteiger partial charge in [0.2, 0.25) is 5.91 Å². The highest BCUT2D eigenvalue weighted by atomic mass is 16.5. The van der Waals surface area contributed by atoms with Gasteiger partial charge in [0.05, 0.1) is 18.3 Å². The van der Waals surface area contributed by atoms with E-state index in [0.29, 0.717) is 18.1 Å². The van der Waals surface area contributed by atoms with Gasteiger partial charge in [0.25, 0.3) is 0 Å². The van der Waals surface area contributed by atoms with Gasteiger partial charge in [-0.3, -0.25) is 4.79 Å². The molecule has 4 saturated carbocycles. The lowest BCUT2D eigenvalue weighted by molar-refractivity contribution is -0.124. The van der Waals surface area contributed by atoms with Crippen LogP contribution in [0.15, 0.2) is 42.6 Å². The number of nitrogens with one attached hydrogen (secondary N) is 1. The Morgan fingerprint density at radius 1 is 1.06 bits per heavy atom. The van der Waals surface area contributed by atoms with Gasteiger partial charge < -0.3 is 10.1 Å². The summed E-state index contributed by atoms with van der Waals surface area (Å²) in [7, 11) is 0. The zero-order chi connectivity index (χ0) is 23.3. The number of pyridine rings is 1. The Balaban J connectivity index is 1.31. The van der Waals surface area contributed by atoms with Crippen molar-refractivity contribution < 1.29 is 14.3 Å². The van der Waals surface area contributed by atoms with E-state index in [0.717, 1.165) is 47.9 Å². The first-order chi connectivity index (χ1) is 16.5. The van der Waals surface area contributed by atoms with Crippen LogP contribution in [0.4, 0.5) is 5.82 Å². The van der Waals surface area contributed by atoms with Crippen LogP contribution >= 0.6 is 0 Å². The molecule has 0 saturated heterocycles. The van der Waals surface area contributed by atoms with Crippen molar-refractivity contribution in [3.05, 3.63) is 48.2 Å². The topological polar surface area (TPSA) is 86.1 Å². The average molecular weight is 459 g/mol. The molecule has 1 amide bonds. The lowest BCUT2D eigenvalue weighted by atomic mass is 9.49. The summed E-state index contributed by atoms with van der Waals surface area (Å²) >= 11 is 0. The molecule has 4 aliphatic rings. The number of nitrogens with zero attached hydrogens (tertiary/aromatic N) is 3. The number of hydrogen-bond donors (Lipinski definition) is 1. The third-order valence-electron chi connectivity index (χ3n) is 8.02. The van der Waals surface area contributed by atoms with Gasteiger partial charge in [-0.1, -0.05) is 18.2 Å². The number of para-hydroxylation sites is 1. The Morgan fingerprint density at radius 3 is 2.47 bits per heavy atom. The van der Waals surface area contributed by atoms with Crippen LogP contribution in [0.5, 0.6) is 0 Å². The molecule has 2 aromatic heterocycles. The minimum Gasteiger partial charge on any atom is -0.462 e. The van der Waals surface area contributed by atoms with Crippen LogP contribution < -0.4 is 5.32 Å². The fraction of sp³-hybridized carbons (Fsp3) is 0.481. The molecular formula is C27H30N4O3. The maximum atomic E-state index is 13.4. The molecule has 3 aromatic rings. The van der Waals surface area contributed by atoms with Crippen LogP contribution in [0.3, 0.4) is 0 Å². The molecule has 2 heterocycles. The molecule has 7 nitrogen and oxygen atoms in total. The van der Waals surface area contributed by atoms with E-state index < -0.39 is 5.97 Å². The van der Waals surface area contributed by atoms with Gasteiger partial charge in [0, 0.05) is 11.8 Å². The van der Waals surface area contributed by atoms with Crippen LogP contribution in [0, 0.1) is 23.2 Å².